The molecule has 0 saturated carbocycles. The number of amidine groups is 1. The first-order valence-corrected chi connectivity index (χ1v) is 8.23. The third-order valence-electron chi connectivity index (χ3n) is 3.61. The highest BCUT2D eigenvalue weighted by molar-refractivity contribution is 6.31. The van der Waals surface area contributed by atoms with Gasteiger partial charge in [-0.15, -0.1) is 0 Å². The molecule has 0 aliphatic heterocycles. The number of rotatable bonds is 7. The third kappa shape index (κ3) is 4.62. The molecule has 2 heterocycles. The summed E-state index contributed by atoms with van der Waals surface area (Å²) >= 11 is 5.74. The molecule has 3 N–H and O–H groups in total. The van der Waals surface area contributed by atoms with E-state index in [1.54, 1.807) is 12.4 Å². The summed E-state index contributed by atoms with van der Waals surface area (Å²) in [6, 6.07) is 8.01. The van der Waals surface area contributed by atoms with Crippen molar-refractivity contribution < 1.29 is 9.02 Å². The molecule has 134 valence electrons. The highest BCUT2D eigenvalue weighted by atomic mass is 35.5. The van der Waals surface area contributed by atoms with Crippen LogP contribution in [0.2, 0.25) is 5.02 Å². The van der Waals surface area contributed by atoms with E-state index < -0.39 is 5.82 Å². The van der Waals surface area contributed by atoms with Gasteiger partial charge in [0.1, 0.15) is 11.5 Å². The van der Waals surface area contributed by atoms with Crippen LogP contribution in [0.4, 0.5) is 10.1 Å². The third-order valence-corrected chi connectivity index (χ3v) is 3.90. The average Bonchev–Trinajstić information content (AvgIpc) is 3.11. The van der Waals surface area contributed by atoms with Crippen molar-refractivity contribution in [3.63, 3.8) is 0 Å². The Morgan fingerprint density at radius 3 is 2.77 bits per heavy atom. The predicted molar refractivity (Wildman–Crippen MR) is 95.8 cm³/mol. The van der Waals surface area contributed by atoms with Crippen LogP contribution in [0.5, 0.6) is 0 Å². The van der Waals surface area contributed by atoms with E-state index in [1.807, 2.05) is 12.1 Å². The molecular formula is C17H16ClFN6O. The lowest BCUT2D eigenvalue weighted by atomic mass is 10.2. The Bertz CT molecular complexity index is 886. The molecule has 0 atom stereocenters. The number of nitrogens with zero attached hydrogens (tertiary/aromatic N) is 3. The zero-order chi connectivity index (χ0) is 18.4. The lowest BCUT2D eigenvalue weighted by Gasteiger charge is -2.08. The monoisotopic (exact) mass is 374 g/mol. The second-order valence-corrected chi connectivity index (χ2v) is 5.88. The van der Waals surface area contributed by atoms with Gasteiger partial charge >= 0.3 is 0 Å². The van der Waals surface area contributed by atoms with E-state index in [0.717, 1.165) is 13.0 Å². The minimum atomic E-state index is -0.522. The molecule has 7 nitrogen and oxygen atoms in total. The van der Waals surface area contributed by atoms with Crippen LogP contribution < -0.4 is 10.6 Å². The van der Waals surface area contributed by atoms with Crippen molar-refractivity contribution in [3.05, 3.63) is 70.5 Å². The van der Waals surface area contributed by atoms with Gasteiger partial charge in [0.25, 0.3) is 0 Å². The largest absolute Gasteiger partial charge is 0.339 e. The van der Waals surface area contributed by atoms with Crippen LogP contribution in [0.15, 0.2) is 47.4 Å². The Morgan fingerprint density at radius 2 is 2.00 bits per heavy atom. The maximum absolute atomic E-state index is 13.2. The summed E-state index contributed by atoms with van der Waals surface area (Å²) in [5, 5.41) is 21.7. The Balaban J connectivity index is 1.55. The van der Waals surface area contributed by atoms with Crippen molar-refractivity contribution in [2.45, 2.75) is 13.0 Å². The zero-order valence-corrected chi connectivity index (χ0v) is 14.4. The summed E-state index contributed by atoms with van der Waals surface area (Å²) in [6.45, 7) is 1.13. The molecule has 0 amide bonds. The van der Waals surface area contributed by atoms with Crippen LogP contribution in [-0.4, -0.2) is 27.7 Å². The molecule has 0 bridgehead atoms. The van der Waals surface area contributed by atoms with Gasteiger partial charge in [-0.05, 0) is 54.0 Å². The summed E-state index contributed by atoms with van der Waals surface area (Å²) < 4.78 is 18.0. The van der Waals surface area contributed by atoms with E-state index in [2.05, 4.69) is 25.9 Å². The average molecular weight is 375 g/mol. The molecule has 9 heteroatoms. The van der Waals surface area contributed by atoms with Crippen molar-refractivity contribution in [1.82, 2.24) is 20.6 Å². The van der Waals surface area contributed by atoms with Crippen molar-refractivity contribution >= 4 is 23.1 Å². The van der Waals surface area contributed by atoms with Crippen LogP contribution in [0.25, 0.3) is 0 Å². The van der Waals surface area contributed by atoms with Crippen LogP contribution in [0.3, 0.4) is 0 Å². The molecule has 2 aromatic heterocycles. The summed E-state index contributed by atoms with van der Waals surface area (Å²) in [4.78, 5) is 3.98. The molecule has 0 unspecified atom stereocenters. The van der Waals surface area contributed by atoms with Gasteiger partial charge in [0, 0.05) is 24.6 Å². The van der Waals surface area contributed by atoms with Gasteiger partial charge in [0.05, 0.1) is 5.02 Å². The zero-order valence-electron chi connectivity index (χ0n) is 13.7. The second kappa shape index (κ2) is 8.50. The molecule has 0 aliphatic rings. The fourth-order valence-corrected chi connectivity index (χ4v) is 2.46. The molecule has 0 spiro atoms. The first-order valence-electron chi connectivity index (χ1n) is 7.85. The van der Waals surface area contributed by atoms with Crippen LogP contribution in [0.1, 0.15) is 17.0 Å². The number of benzene rings is 1. The molecule has 0 radical (unpaired) electrons. The number of aromatic nitrogens is 3. The van der Waals surface area contributed by atoms with Gasteiger partial charge in [-0.1, -0.05) is 16.8 Å². The summed E-state index contributed by atoms with van der Waals surface area (Å²) in [6.07, 6.45) is 4.35. The van der Waals surface area contributed by atoms with Crippen LogP contribution in [-0.2, 0) is 13.0 Å². The standard InChI is InChI=1S/C17H16ClFN6O/c18-13-9-12(1-2-14(13)19)23-17(20)16-15(24-26-25-16)10-22-8-5-11-3-6-21-7-4-11/h1-4,6-7,9,22H,5,8,10H2,(H2,20,23). The Morgan fingerprint density at radius 1 is 1.19 bits per heavy atom. The fourth-order valence-electron chi connectivity index (χ4n) is 2.28. The number of anilines is 1. The molecule has 0 fully saturated rings. The number of halogens is 2. The smallest absolute Gasteiger partial charge is 0.174 e. The van der Waals surface area contributed by atoms with Gasteiger partial charge in [-0.3, -0.25) is 10.4 Å². The normalized spacial score (nSPS) is 10.7. The first kappa shape index (κ1) is 18.0. The summed E-state index contributed by atoms with van der Waals surface area (Å²) in [5.74, 6) is -0.536. The number of nitrogens with one attached hydrogen (secondary N) is 3. The second-order valence-electron chi connectivity index (χ2n) is 5.47. The number of hydrogen-bond acceptors (Lipinski definition) is 6. The van der Waals surface area contributed by atoms with E-state index in [1.165, 1.54) is 23.8 Å². The van der Waals surface area contributed by atoms with E-state index in [9.17, 15) is 4.39 Å². The Hall–Kier alpha value is -2.84. The molecule has 26 heavy (non-hydrogen) atoms. The Labute approximate surface area is 154 Å². The van der Waals surface area contributed by atoms with E-state index in [-0.39, 0.29) is 16.6 Å². The van der Waals surface area contributed by atoms with Crippen LogP contribution in [0, 0.1) is 11.2 Å². The predicted octanol–water partition coefficient (Wildman–Crippen LogP) is 3.03. The van der Waals surface area contributed by atoms with E-state index >= 15 is 0 Å². The molecule has 3 aromatic rings. The number of pyridine rings is 1. The summed E-state index contributed by atoms with van der Waals surface area (Å²) in [7, 11) is 0. The van der Waals surface area contributed by atoms with Gasteiger partial charge in [0.2, 0.25) is 0 Å². The topological polar surface area (TPSA) is 99.7 Å². The molecule has 3 rings (SSSR count). The minimum Gasteiger partial charge on any atom is -0.339 e. The SMILES string of the molecule is N=C(Nc1ccc(F)c(Cl)c1)c1nonc1CNCCc1ccncc1. The lowest BCUT2D eigenvalue weighted by molar-refractivity contribution is 0.301. The van der Waals surface area contributed by atoms with Gasteiger partial charge in [0.15, 0.2) is 11.5 Å². The van der Waals surface area contributed by atoms with E-state index in [4.69, 9.17) is 21.6 Å². The quantitative estimate of drug-likeness (QED) is 0.334. The minimum absolute atomic E-state index is 0.0140. The molecule has 1 aromatic carbocycles. The van der Waals surface area contributed by atoms with Crippen molar-refractivity contribution in [2.24, 2.45) is 0 Å². The van der Waals surface area contributed by atoms with Gasteiger partial charge < -0.3 is 10.6 Å². The molecule has 0 saturated heterocycles. The van der Waals surface area contributed by atoms with Crippen molar-refractivity contribution in [2.75, 3.05) is 11.9 Å². The first-order chi connectivity index (χ1) is 12.6. The highest BCUT2D eigenvalue weighted by Gasteiger charge is 2.15. The highest BCUT2D eigenvalue weighted by Crippen LogP contribution is 2.20. The van der Waals surface area contributed by atoms with Crippen molar-refractivity contribution in [3.8, 4) is 0 Å². The maximum Gasteiger partial charge on any atom is 0.174 e. The fraction of sp³-hybridized carbons (Fsp3) is 0.176. The number of hydrogen-bond donors (Lipinski definition) is 3. The molecular weight excluding hydrogens is 359 g/mol. The van der Waals surface area contributed by atoms with Gasteiger partial charge in [-0.2, -0.15) is 0 Å². The maximum atomic E-state index is 13.2. The van der Waals surface area contributed by atoms with E-state index in [0.29, 0.717) is 17.9 Å². The Kier molecular flexibility index (Phi) is 5.88. The lowest BCUT2D eigenvalue weighted by Crippen LogP contribution is -2.21. The van der Waals surface area contributed by atoms with Crippen molar-refractivity contribution in [1.29, 1.82) is 5.41 Å². The van der Waals surface area contributed by atoms with Crippen LogP contribution >= 0.6 is 11.6 Å². The summed E-state index contributed by atoms with van der Waals surface area (Å²) in [5.41, 5.74) is 2.43. The van der Waals surface area contributed by atoms with Gasteiger partial charge in [-0.25, -0.2) is 9.02 Å². The molecule has 0 aliphatic carbocycles.